The fourth-order valence-corrected chi connectivity index (χ4v) is 2.31. The molecule has 80 valence electrons. The summed E-state index contributed by atoms with van der Waals surface area (Å²) in [6, 6.07) is 0. The molecule has 2 N–H and O–H groups in total. The average molecular weight is 200 g/mol. The van der Waals surface area contributed by atoms with E-state index in [1.807, 2.05) is 0 Å². The van der Waals surface area contributed by atoms with E-state index in [0.29, 0.717) is 0 Å². The average Bonchev–Trinajstić information content (AvgIpc) is 2.53. The molecule has 1 aliphatic rings. The molecule has 1 saturated carbocycles. The summed E-state index contributed by atoms with van der Waals surface area (Å²) in [5, 5.41) is 17.6. The van der Waals surface area contributed by atoms with Crippen LogP contribution in [0.3, 0.4) is 0 Å². The predicted octanol–water partition coefficient (Wildman–Crippen LogP) is 1.60. The van der Waals surface area contributed by atoms with Gasteiger partial charge in [-0.3, -0.25) is 9.59 Å². The van der Waals surface area contributed by atoms with Crippen molar-refractivity contribution in [3.63, 3.8) is 0 Å². The van der Waals surface area contributed by atoms with E-state index in [0.717, 1.165) is 25.7 Å². The van der Waals surface area contributed by atoms with Gasteiger partial charge in [0, 0.05) is 0 Å². The third-order valence-electron chi connectivity index (χ3n) is 3.20. The van der Waals surface area contributed by atoms with Crippen molar-refractivity contribution in [2.24, 2.45) is 17.8 Å². The van der Waals surface area contributed by atoms with Gasteiger partial charge < -0.3 is 10.2 Å². The number of carboxylic acid groups (broad SMARTS) is 2. The van der Waals surface area contributed by atoms with Crippen LogP contribution in [0.25, 0.3) is 0 Å². The van der Waals surface area contributed by atoms with E-state index in [1.165, 1.54) is 0 Å². The summed E-state index contributed by atoms with van der Waals surface area (Å²) in [6.07, 6.45) is 4.14. The Morgan fingerprint density at radius 1 is 1.14 bits per heavy atom. The van der Waals surface area contributed by atoms with Gasteiger partial charge in [0.05, 0.1) is 0 Å². The molecule has 0 aromatic heterocycles. The Hall–Kier alpha value is -1.06. The summed E-state index contributed by atoms with van der Waals surface area (Å²) in [5.74, 6) is -3.65. The molecule has 0 heterocycles. The van der Waals surface area contributed by atoms with Crippen LogP contribution < -0.4 is 0 Å². The second-order valence-corrected chi connectivity index (χ2v) is 4.06. The van der Waals surface area contributed by atoms with Crippen LogP contribution in [0.15, 0.2) is 0 Å². The van der Waals surface area contributed by atoms with Gasteiger partial charge in [0.2, 0.25) is 0 Å². The Labute approximate surface area is 82.9 Å². The molecule has 0 saturated heterocycles. The molecule has 1 rings (SSSR count). The number of hydrogen-bond acceptors (Lipinski definition) is 2. The van der Waals surface area contributed by atoms with Crippen LogP contribution in [-0.2, 0) is 9.59 Å². The highest BCUT2D eigenvalue weighted by Crippen LogP contribution is 2.35. The van der Waals surface area contributed by atoms with E-state index in [-0.39, 0.29) is 11.8 Å². The Morgan fingerprint density at radius 3 is 1.93 bits per heavy atom. The van der Waals surface area contributed by atoms with Gasteiger partial charge in [-0.25, -0.2) is 0 Å². The molecule has 1 unspecified atom stereocenters. The van der Waals surface area contributed by atoms with Crippen LogP contribution in [0.2, 0.25) is 0 Å². The predicted molar refractivity (Wildman–Crippen MR) is 49.9 cm³/mol. The zero-order valence-corrected chi connectivity index (χ0v) is 8.27. The zero-order chi connectivity index (χ0) is 10.7. The third-order valence-corrected chi connectivity index (χ3v) is 3.20. The molecule has 4 heteroatoms. The van der Waals surface area contributed by atoms with Gasteiger partial charge in [0.1, 0.15) is 0 Å². The number of carboxylic acids is 2. The van der Waals surface area contributed by atoms with E-state index >= 15 is 0 Å². The first-order chi connectivity index (χ1) is 6.54. The van der Waals surface area contributed by atoms with Crippen molar-refractivity contribution >= 4 is 11.9 Å². The first kappa shape index (κ1) is 11.0. The minimum absolute atomic E-state index is 0.257. The molecule has 14 heavy (non-hydrogen) atoms. The number of aliphatic carboxylic acids is 2. The summed E-state index contributed by atoms with van der Waals surface area (Å²) in [7, 11) is 0. The van der Waals surface area contributed by atoms with Crippen molar-refractivity contribution in [3.05, 3.63) is 0 Å². The standard InChI is InChI=1S/C10H16O4/c1-6(7-4-2-3-5-7)8(9(11)12)10(13)14/h6-8H,2-5H2,1H3,(H,11,12)(H,13,14). The molecule has 0 aromatic rings. The molecule has 0 amide bonds. The fraction of sp³-hybridized carbons (Fsp3) is 0.800. The Balaban J connectivity index is 2.67. The van der Waals surface area contributed by atoms with E-state index in [1.54, 1.807) is 6.92 Å². The van der Waals surface area contributed by atoms with Gasteiger partial charge in [0.15, 0.2) is 5.92 Å². The maximum Gasteiger partial charge on any atom is 0.318 e. The van der Waals surface area contributed by atoms with Gasteiger partial charge in [-0.1, -0.05) is 32.6 Å². The molecule has 4 nitrogen and oxygen atoms in total. The summed E-state index contributed by atoms with van der Waals surface area (Å²) in [4.78, 5) is 21.5. The lowest BCUT2D eigenvalue weighted by Crippen LogP contribution is -2.33. The SMILES string of the molecule is CC(C1CCCC1)C(C(=O)O)C(=O)O. The number of hydrogen-bond donors (Lipinski definition) is 2. The second-order valence-electron chi connectivity index (χ2n) is 4.06. The topological polar surface area (TPSA) is 74.6 Å². The normalized spacial score (nSPS) is 19.9. The molecule has 0 aromatic carbocycles. The molecule has 1 atom stereocenters. The first-order valence-electron chi connectivity index (χ1n) is 4.99. The summed E-state index contributed by atoms with van der Waals surface area (Å²) in [5.41, 5.74) is 0. The van der Waals surface area contributed by atoms with Crippen LogP contribution in [-0.4, -0.2) is 22.2 Å². The highest BCUT2D eigenvalue weighted by molar-refractivity contribution is 5.93. The first-order valence-corrected chi connectivity index (χ1v) is 4.99. The molecular formula is C10H16O4. The van der Waals surface area contributed by atoms with Gasteiger partial charge >= 0.3 is 11.9 Å². The summed E-state index contributed by atoms with van der Waals surface area (Å²) in [6.45, 7) is 1.74. The van der Waals surface area contributed by atoms with Crippen molar-refractivity contribution in [1.29, 1.82) is 0 Å². The monoisotopic (exact) mass is 200 g/mol. The maximum absolute atomic E-state index is 10.8. The van der Waals surface area contributed by atoms with E-state index in [2.05, 4.69) is 0 Å². The summed E-state index contributed by atoms with van der Waals surface area (Å²) >= 11 is 0. The maximum atomic E-state index is 10.8. The highest BCUT2D eigenvalue weighted by Gasteiger charge is 2.37. The minimum atomic E-state index is -1.24. The largest absolute Gasteiger partial charge is 0.481 e. The second kappa shape index (κ2) is 4.44. The molecule has 0 bridgehead atoms. The molecule has 0 aliphatic heterocycles. The lowest BCUT2D eigenvalue weighted by molar-refractivity contribution is -0.157. The molecule has 1 aliphatic carbocycles. The Morgan fingerprint density at radius 2 is 1.57 bits per heavy atom. The van der Waals surface area contributed by atoms with Crippen molar-refractivity contribution in [1.82, 2.24) is 0 Å². The zero-order valence-electron chi connectivity index (χ0n) is 8.27. The van der Waals surface area contributed by atoms with Gasteiger partial charge in [-0.2, -0.15) is 0 Å². The van der Waals surface area contributed by atoms with Crippen LogP contribution in [0.5, 0.6) is 0 Å². The smallest absolute Gasteiger partial charge is 0.318 e. The van der Waals surface area contributed by atoms with Crippen molar-refractivity contribution in [2.75, 3.05) is 0 Å². The quantitative estimate of drug-likeness (QED) is 0.676. The van der Waals surface area contributed by atoms with Crippen LogP contribution in [0.1, 0.15) is 32.6 Å². The minimum Gasteiger partial charge on any atom is -0.481 e. The lowest BCUT2D eigenvalue weighted by atomic mass is 9.82. The van der Waals surface area contributed by atoms with Crippen molar-refractivity contribution in [2.45, 2.75) is 32.6 Å². The lowest BCUT2D eigenvalue weighted by Gasteiger charge is -2.22. The van der Waals surface area contributed by atoms with Gasteiger partial charge in [-0.05, 0) is 11.8 Å². The van der Waals surface area contributed by atoms with Gasteiger partial charge in [-0.15, -0.1) is 0 Å². The van der Waals surface area contributed by atoms with E-state index in [9.17, 15) is 9.59 Å². The van der Waals surface area contributed by atoms with E-state index in [4.69, 9.17) is 10.2 Å². The Bertz CT molecular complexity index is 216. The van der Waals surface area contributed by atoms with Crippen LogP contribution in [0, 0.1) is 17.8 Å². The van der Waals surface area contributed by atoms with Crippen molar-refractivity contribution < 1.29 is 19.8 Å². The molecule has 1 fully saturated rings. The summed E-state index contributed by atoms with van der Waals surface area (Å²) < 4.78 is 0. The number of rotatable bonds is 4. The molecule has 0 radical (unpaired) electrons. The third kappa shape index (κ3) is 2.25. The van der Waals surface area contributed by atoms with Crippen LogP contribution in [0.4, 0.5) is 0 Å². The highest BCUT2D eigenvalue weighted by atomic mass is 16.4. The van der Waals surface area contributed by atoms with Gasteiger partial charge in [0.25, 0.3) is 0 Å². The Kier molecular flexibility index (Phi) is 3.49. The fourth-order valence-electron chi connectivity index (χ4n) is 2.31. The van der Waals surface area contributed by atoms with Crippen LogP contribution >= 0.6 is 0 Å². The number of carbonyl (C=O) groups is 2. The van der Waals surface area contributed by atoms with Crippen molar-refractivity contribution in [3.8, 4) is 0 Å². The molecular weight excluding hydrogens is 184 g/mol. The molecule has 0 spiro atoms. The van der Waals surface area contributed by atoms with E-state index < -0.39 is 17.9 Å².